The molecule has 8 nitrogen and oxygen atoms in total. The average molecular weight is 397 g/mol. The molecule has 0 aliphatic rings. The van der Waals surface area contributed by atoms with Crippen molar-refractivity contribution in [1.82, 2.24) is 9.78 Å². The lowest BCUT2D eigenvalue weighted by Crippen LogP contribution is -2.16. The van der Waals surface area contributed by atoms with Gasteiger partial charge in [0, 0.05) is 12.1 Å². The van der Waals surface area contributed by atoms with Crippen LogP contribution < -0.4 is 10.1 Å². The predicted octanol–water partition coefficient (Wildman–Crippen LogP) is 3.21. The number of methoxy groups -OCH3 is 1. The molecule has 0 bridgehead atoms. The molecule has 1 N–H and O–H groups in total. The summed E-state index contributed by atoms with van der Waals surface area (Å²) < 4.78 is 7.60. The summed E-state index contributed by atoms with van der Waals surface area (Å²) in [6, 6.07) is 4.28. The summed E-state index contributed by atoms with van der Waals surface area (Å²) in [5.41, 5.74) is 1.70. The van der Waals surface area contributed by atoms with E-state index in [1.807, 2.05) is 13.8 Å². The predicted molar refractivity (Wildman–Crippen MR) is 92.3 cm³/mol. The van der Waals surface area contributed by atoms with Crippen LogP contribution in [-0.4, -0.2) is 27.7 Å². The first kappa shape index (κ1) is 17.9. The zero-order valence-corrected chi connectivity index (χ0v) is 15.1. The van der Waals surface area contributed by atoms with E-state index in [4.69, 9.17) is 4.74 Å². The molecule has 0 saturated carbocycles. The normalized spacial score (nSPS) is 10.5. The average Bonchev–Trinajstić information content (AvgIpc) is 2.80. The number of halogens is 1. The summed E-state index contributed by atoms with van der Waals surface area (Å²) in [4.78, 5) is 22.7. The van der Waals surface area contributed by atoms with Crippen LogP contribution in [0.3, 0.4) is 0 Å². The molecule has 1 aromatic heterocycles. The Labute approximate surface area is 147 Å². The molecular weight excluding hydrogens is 380 g/mol. The quantitative estimate of drug-likeness (QED) is 0.596. The fourth-order valence-electron chi connectivity index (χ4n) is 2.21. The minimum Gasteiger partial charge on any atom is -0.496 e. The number of ether oxygens (including phenoxy) is 1. The van der Waals surface area contributed by atoms with Crippen molar-refractivity contribution in [3.63, 3.8) is 0 Å². The van der Waals surface area contributed by atoms with Crippen molar-refractivity contribution in [2.75, 3.05) is 12.4 Å². The van der Waals surface area contributed by atoms with E-state index in [0.29, 0.717) is 12.3 Å². The number of amides is 1. The number of aryl methyl sites for hydroxylation is 2. The van der Waals surface area contributed by atoms with E-state index < -0.39 is 4.92 Å². The van der Waals surface area contributed by atoms with Crippen LogP contribution in [0.4, 0.5) is 11.4 Å². The maximum absolute atomic E-state index is 12.1. The van der Waals surface area contributed by atoms with Gasteiger partial charge in [-0.2, -0.15) is 5.10 Å². The van der Waals surface area contributed by atoms with Crippen LogP contribution in [-0.2, 0) is 11.3 Å². The summed E-state index contributed by atoms with van der Waals surface area (Å²) in [6.07, 6.45) is 0.150. The van der Waals surface area contributed by atoms with Gasteiger partial charge in [-0.25, -0.2) is 0 Å². The van der Waals surface area contributed by atoms with Crippen LogP contribution in [0, 0.1) is 24.0 Å². The number of carbonyl (C=O) groups is 1. The molecule has 0 aliphatic heterocycles. The number of nitrogens with zero attached hydrogens (tertiary/aromatic N) is 3. The SMILES string of the molecule is COc1ccc(NC(=O)CCn2nc(C)c(Br)c2C)c([N+](=O)[O-])c1. The zero-order valence-electron chi connectivity index (χ0n) is 13.5. The molecule has 1 amide bonds. The fourth-order valence-corrected chi connectivity index (χ4v) is 2.49. The van der Waals surface area contributed by atoms with Crippen molar-refractivity contribution in [3.8, 4) is 5.75 Å². The van der Waals surface area contributed by atoms with Crippen molar-refractivity contribution in [2.45, 2.75) is 26.8 Å². The van der Waals surface area contributed by atoms with Crippen molar-refractivity contribution >= 4 is 33.2 Å². The van der Waals surface area contributed by atoms with Gasteiger partial charge in [0.15, 0.2) is 0 Å². The van der Waals surface area contributed by atoms with E-state index in [1.54, 1.807) is 10.7 Å². The molecule has 2 rings (SSSR count). The second-order valence-corrected chi connectivity index (χ2v) is 5.94. The van der Waals surface area contributed by atoms with Gasteiger partial charge in [-0.3, -0.25) is 19.6 Å². The van der Waals surface area contributed by atoms with Gasteiger partial charge in [0.2, 0.25) is 5.91 Å². The first-order valence-electron chi connectivity index (χ1n) is 7.15. The number of nitro groups is 1. The molecule has 1 heterocycles. The monoisotopic (exact) mass is 396 g/mol. The van der Waals surface area contributed by atoms with Gasteiger partial charge < -0.3 is 10.1 Å². The number of nitrogens with one attached hydrogen (secondary N) is 1. The Bertz CT molecular complexity index is 788. The van der Waals surface area contributed by atoms with Crippen molar-refractivity contribution in [1.29, 1.82) is 0 Å². The Morgan fingerprint density at radius 3 is 2.71 bits per heavy atom. The van der Waals surface area contributed by atoms with Gasteiger partial charge in [0.25, 0.3) is 5.69 Å². The van der Waals surface area contributed by atoms with Gasteiger partial charge in [0.1, 0.15) is 11.4 Å². The van der Waals surface area contributed by atoms with E-state index in [-0.39, 0.29) is 23.7 Å². The zero-order chi connectivity index (χ0) is 17.9. The molecule has 24 heavy (non-hydrogen) atoms. The highest BCUT2D eigenvalue weighted by atomic mass is 79.9. The Hall–Kier alpha value is -2.42. The van der Waals surface area contributed by atoms with E-state index in [9.17, 15) is 14.9 Å². The Morgan fingerprint density at radius 2 is 2.17 bits per heavy atom. The molecule has 0 fully saturated rings. The highest BCUT2D eigenvalue weighted by molar-refractivity contribution is 9.10. The topological polar surface area (TPSA) is 99.3 Å². The Balaban J connectivity index is 2.07. The highest BCUT2D eigenvalue weighted by Crippen LogP contribution is 2.29. The number of aromatic nitrogens is 2. The van der Waals surface area contributed by atoms with E-state index in [1.165, 1.54) is 19.2 Å². The lowest BCUT2D eigenvalue weighted by Gasteiger charge is -2.08. The number of nitro benzene ring substituents is 1. The second-order valence-electron chi connectivity index (χ2n) is 5.15. The van der Waals surface area contributed by atoms with Gasteiger partial charge in [0.05, 0.1) is 34.8 Å². The molecule has 0 radical (unpaired) electrons. The summed E-state index contributed by atoms with van der Waals surface area (Å²) in [7, 11) is 1.42. The van der Waals surface area contributed by atoms with Crippen molar-refractivity contribution in [3.05, 3.63) is 44.2 Å². The molecule has 0 spiro atoms. The van der Waals surface area contributed by atoms with Crippen LogP contribution in [0.2, 0.25) is 0 Å². The number of carbonyl (C=O) groups excluding carboxylic acids is 1. The van der Waals surface area contributed by atoms with E-state index >= 15 is 0 Å². The molecule has 1 aromatic carbocycles. The van der Waals surface area contributed by atoms with Gasteiger partial charge in [-0.05, 0) is 41.9 Å². The van der Waals surface area contributed by atoms with Crippen LogP contribution in [0.25, 0.3) is 0 Å². The minimum atomic E-state index is -0.559. The third-order valence-electron chi connectivity index (χ3n) is 3.52. The van der Waals surface area contributed by atoms with Crippen molar-refractivity contribution < 1.29 is 14.5 Å². The molecule has 0 atom stereocenters. The number of anilines is 1. The summed E-state index contributed by atoms with van der Waals surface area (Å²) in [5, 5.41) is 18.0. The second kappa shape index (κ2) is 7.43. The van der Waals surface area contributed by atoms with Gasteiger partial charge >= 0.3 is 0 Å². The summed E-state index contributed by atoms with van der Waals surface area (Å²) >= 11 is 3.43. The first-order valence-corrected chi connectivity index (χ1v) is 7.94. The number of hydrogen-bond acceptors (Lipinski definition) is 5. The number of rotatable bonds is 6. The maximum atomic E-state index is 12.1. The smallest absolute Gasteiger partial charge is 0.296 e. The number of hydrogen-bond donors (Lipinski definition) is 1. The van der Waals surface area contributed by atoms with Gasteiger partial charge in [-0.15, -0.1) is 0 Å². The molecule has 2 aromatic rings. The van der Waals surface area contributed by atoms with Crippen LogP contribution in [0.5, 0.6) is 5.75 Å². The lowest BCUT2D eigenvalue weighted by atomic mass is 10.2. The largest absolute Gasteiger partial charge is 0.496 e. The van der Waals surface area contributed by atoms with Crippen molar-refractivity contribution in [2.24, 2.45) is 0 Å². The molecule has 0 unspecified atom stereocenters. The minimum absolute atomic E-state index is 0.139. The van der Waals surface area contributed by atoms with E-state index in [0.717, 1.165) is 15.9 Å². The lowest BCUT2D eigenvalue weighted by molar-refractivity contribution is -0.384. The standard InChI is InChI=1S/C15H17BrN4O4/c1-9-15(16)10(2)19(18-9)7-6-14(21)17-12-5-4-11(24-3)8-13(12)20(22)23/h4-5,8H,6-7H2,1-3H3,(H,17,21). The van der Waals surface area contributed by atoms with Gasteiger partial charge in [-0.1, -0.05) is 0 Å². The van der Waals surface area contributed by atoms with Crippen LogP contribution in [0.15, 0.2) is 22.7 Å². The molecule has 128 valence electrons. The summed E-state index contributed by atoms with van der Waals surface area (Å²) in [5.74, 6) is 0.0270. The number of benzene rings is 1. The third kappa shape index (κ3) is 3.91. The molecular formula is C15H17BrN4O4. The maximum Gasteiger partial charge on any atom is 0.296 e. The van der Waals surface area contributed by atoms with Crippen LogP contribution in [0.1, 0.15) is 17.8 Å². The molecule has 9 heteroatoms. The van der Waals surface area contributed by atoms with E-state index in [2.05, 4.69) is 26.3 Å². The Kier molecular flexibility index (Phi) is 5.55. The fraction of sp³-hybridized carbons (Fsp3) is 0.333. The summed E-state index contributed by atoms with van der Waals surface area (Å²) in [6.45, 7) is 4.15. The Morgan fingerprint density at radius 1 is 1.46 bits per heavy atom. The molecule has 0 aliphatic carbocycles. The highest BCUT2D eigenvalue weighted by Gasteiger charge is 2.17. The third-order valence-corrected chi connectivity index (χ3v) is 4.67. The van der Waals surface area contributed by atoms with Crippen LogP contribution >= 0.6 is 15.9 Å². The molecule has 0 saturated heterocycles. The first-order chi connectivity index (χ1) is 11.3.